The maximum absolute atomic E-state index is 5.44. The van der Waals surface area contributed by atoms with Gasteiger partial charge < -0.3 is 10.1 Å². The number of nitrogens with one attached hydrogen (secondary N) is 1. The highest BCUT2D eigenvalue weighted by Gasteiger charge is 2.07. The number of hydrogen-bond acceptors (Lipinski definition) is 4. The molecule has 4 heteroatoms. The van der Waals surface area contributed by atoms with Crippen LogP contribution in [0.15, 0.2) is 48.8 Å². The fourth-order valence-electron chi connectivity index (χ4n) is 2.32. The van der Waals surface area contributed by atoms with E-state index in [4.69, 9.17) is 4.74 Å². The van der Waals surface area contributed by atoms with Gasteiger partial charge in [-0.3, -0.25) is 9.97 Å². The second-order valence-electron chi connectivity index (χ2n) is 5.32. The SMILES string of the molecule is Cc1ccc2c(c1)OCCN2.Cc1ccc2nccnc2c1. The van der Waals surface area contributed by atoms with Gasteiger partial charge in [0.05, 0.1) is 16.7 Å². The lowest BCUT2D eigenvalue weighted by Crippen LogP contribution is -2.17. The van der Waals surface area contributed by atoms with Crippen molar-refractivity contribution in [3.8, 4) is 5.75 Å². The third-order valence-corrected chi connectivity index (χ3v) is 3.44. The molecule has 0 amide bonds. The van der Waals surface area contributed by atoms with Crippen molar-refractivity contribution in [2.75, 3.05) is 18.5 Å². The zero-order chi connectivity index (χ0) is 15.4. The van der Waals surface area contributed by atoms with E-state index in [1.165, 1.54) is 11.1 Å². The maximum atomic E-state index is 5.44. The van der Waals surface area contributed by atoms with Crippen molar-refractivity contribution < 1.29 is 4.74 Å². The summed E-state index contributed by atoms with van der Waals surface area (Å²) in [4.78, 5) is 8.34. The van der Waals surface area contributed by atoms with E-state index in [9.17, 15) is 0 Å². The van der Waals surface area contributed by atoms with Gasteiger partial charge in [-0.2, -0.15) is 0 Å². The second kappa shape index (κ2) is 6.43. The van der Waals surface area contributed by atoms with E-state index in [1.807, 2.05) is 25.1 Å². The highest BCUT2D eigenvalue weighted by Crippen LogP contribution is 2.27. The first-order valence-corrected chi connectivity index (χ1v) is 7.37. The van der Waals surface area contributed by atoms with Gasteiger partial charge in [-0.1, -0.05) is 12.1 Å². The van der Waals surface area contributed by atoms with E-state index in [2.05, 4.69) is 40.4 Å². The minimum Gasteiger partial charge on any atom is -0.490 e. The van der Waals surface area contributed by atoms with Crippen LogP contribution in [0.4, 0.5) is 5.69 Å². The van der Waals surface area contributed by atoms with Crippen LogP contribution < -0.4 is 10.1 Å². The summed E-state index contributed by atoms with van der Waals surface area (Å²) < 4.78 is 5.44. The summed E-state index contributed by atoms with van der Waals surface area (Å²) in [6.07, 6.45) is 3.42. The molecule has 0 atom stereocenters. The Bertz CT molecular complexity index is 786. The molecule has 0 aliphatic carbocycles. The monoisotopic (exact) mass is 293 g/mol. The molecule has 4 nitrogen and oxygen atoms in total. The molecule has 1 N–H and O–H groups in total. The molecular weight excluding hydrogens is 274 g/mol. The van der Waals surface area contributed by atoms with Crippen LogP contribution in [0, 0.1) is 13.8 Å². The molecule has 0 unspecified atom stereocenters. The highest BCUT2D eigenvalue weighted by molar-refractivity contribution is 5.74. The van der Waals surface area contributed by atoms with Crippen LogP contribution in [0.5, 0.6) is 5.75 Å². The summed E-state index contributed by atoms with van der Waals surface area (Å²) in [5.74, 6) is 0.983. The largest absolute Gasteiger partial charge is 0.490 e. The topological polar surface area (TPSA) is 47.0 Å². The number of rotatable bonds is 0. The lowest BCUT2D eigenvalue weighted by atomic mass is 10.2. The molecule has 2 aromatic carbocycles. The van der Waals surface area contributed by atoms with Gasteiger partial charge in [0.15, 0.2) is 0 Å². The zero-order valence-corrected chi connectivity index (χ0v) is 12.8. The first-order valence-electron chi connectivity index (χ1n) is 7.37. The molecule has 3 aromatic rings. The predicted octanol–water partition coefficient (Wildman–Crippen LogP) is 3.74. The molecule has 1 aliphatic heterocycles. The number of anilines is 1. The molecule has 0 saturated heterocycles. The molecule has 0 bridgehead atoms. The lowest BCUT2D eigenvalue weighted by molar-refractivity contribution is 0.323. The summed E-state index contributed by atoms with van der Waals surface area (Å²) in [6.45, 7) is 5.80. The van der Waals surface area contributed by atoms with Crippen LogP contribution in [-0.4, -0.2) is 23.1 Å². The van der Waals surface area contributed by atoms with E-state index in [1.54, 1.807) is 12.4 Å². The van der Waals surface area contributed by atoms with Crippen molar-refractivity contribution in [2.24, 2.45) is 0 Å². The summed E-state index contributed by atoms with van der Waals surface area (Å²) >= 11 is 0. The van der Waals surface area contributed by atoms with Crippen molar-refractivity contribution in [2.45, 2.75) is 13.8 Å². The molecule has 22 heavy (non-hydrogen) atoms. The summed E-state index contributed by atoms with van der Waals surface area (Å²) in [5.41, 5.74) is 5.50. The summed E-state index contributed by atoms with van der Waals surface area (Å²) in [7, 11) is 0. The van der Waals surface area contributed by atoms with Crippen molar-refractivity contribution in [1.82, 2.24) is 9.97 Å². The van der Waals surface area contributed by atoms with Crippen LogP contribution >= 0.6 is 0 Å². The average molecular weight is 293 g/mol. The minimum atomic E-state index is 0.774. The molecule has 112 valence electrons. The van der Waals surface area contributed by atoms with E-state index >= 15 is 0 Å². The molecule has 1 aliphatic rings. The van der Waals surface area contributed by atoms with Crippen LogP contribution in [0.1, 0.15) is 11.1 Å². The van der Waals surface area contributed by atoms with Crippen LogP contribution in [0.3, 0.4) is 0 Å². The zero-order valence-electron chi connectivity index (χ0n) is 12.8. The smallest absolute Gasteiger partial charge is 0.142 e. The number of hydrogen-bond donors (Lipinski definition) is 1. The number of ether oxygens (including phenoxy) is 1. The number of nitrogens with zero attached hydrogens (tertiary/aromatic N) is 2. The van der Waals surface area contributed by atoms with E-state index < -0.39 is 0 Å². The fraction of sp³-hybridized carbons (Fsp3) is 0.222. The molecule has 1 aromatic heterocycles. The summed E-state index contributed by atoms with van der Waals surface area (Å²) in [6, 6.07) is 12.3. The van der Waals surface area contributed by atoms with Crippen LogP contribution in [0.25, 0.3) is 11.0 Å². The Kier molecular flexibility index (Phi) is 4.19. The minimum absolute atomic E-state index is 0.774. The predicted molar refractivity (Wildman–Crippen MR) is 89.4 cm³/mol. The van der Waals surface area contributed by atoms with Crippen LogP contribution in [-0.2, 0) is 0 Å². The molecule has 0 radical (unpaired) electrons. The summed E-state index contributed by atoms with van der Waals surface area (Å²) in [5, 5.41) is 3.26. The number of aromatic nitrogens is 2. The third kappa shape index (κ3) is 3.34. The molecular formula is C18H19N3O. The third-order valence-electron chi connectivity index (χ3n) is 3.44. The Morgan fingerprint density at radius 1 is 0.909 bits per heavy atom. The average Bonchev–Trinajstić information content (AvgIpc) is 2.55. The Balaban J connectivity index is 0.000000131. The normalized spacial score (nSPS) is 12.5. The Hall–Kier alpha value is -2.62. The van der Waals surface area contributed by atoms with Crippen molar-refractivity contribution in [3.05, 3.63) is 59.9 Å². The number of aryl methyl sites for hydroxylation is 2. The fourth-order valence-corrected chi connectivity index (χ4v) is 2.32. The molecule has 4 rings (SSSR count). The molecule has 0 saturated carbocycles. The van der Waals surface area contributed by atoms with Gasteiger partial charge >= 0.3 is 0 Å². The highest BCUT2D eigenvalue weighted by atomic mass is 16.5. The number of fused-ring (bicyclic) bond motifs is 2. The first-order chi connectivity index (χ1) is 10.7. The van der Waals surface area contributed by atoms with Crippen molar-refractivity contribution in [3.63, 3.8) is 0 Å². The molecule has 0 spiro atoms. The Labute approximate surface area is 130 Å². The van der Waals surface area contributed by atoms with Gasteiger partial charge in [0, 0.05) is 18.9 Å². The van der Waals surface area contributed by atoms with E-state index in [0.29, 0.717) is 0 Å². The van der Waals surface area contributed by atoms with Gasteiger partial charge in [0.25, 0.3) is 0 Å². The Morgan fingerprint density at radius 2 is 1.64 bits per heavy atom. The van der Waals surface area contributed by atoms with Crippen LogP contribution in [0.2, 0.25) is 0 Å². The Morgan fingerprint density at radius 3 is 2.50 bits per heavy atom. The van der Waals surface area contributed by atoms with Gasteiger partial charge in [-0.05, 0) is 49.2 Å². The number of benzene rings is 2. The van der Waals surface area contributed by atoms with Gasteiger partial charge in [0.1, 0.15) is 12.4 Å². The molecule has 2 heterocycles. The van der Waals surface area contributed by atoms with Crippen molar-refractivity contribution in [1.29, 1.82) is 0 Å². The molecule has 0 fully saturated rings. The van der Waals surface area contributed by atoms with Gasteiger partial charge in [0.2, 0.25) is 0 Å². The van der Waals surface area contributed by atoms with E-state index in [0.717, 1.165) is 35.6 Å². The van der Waals surface area contributed by atoms with Gasteiger partial charge in [-0.25, -0.2) is 0 Å². The van der Waals surface area contributed by atoms with Gasteiger partial charge in [-0.15, -0.1) is 0 Å². The first kappa shape index (κ1) is 14.3. The standard InChI is InChI=1S/C9H8N2.C9H11NO/c2*1-7-2-3-8-9(6-7)11-5-4-10-8/h2-6H,1H3;2-3,6,10H,4-5H2,1H3. The second-order valence-corrected chi connectivity index (χ2v) is 5.32. The lowest BCUT2D eigenvalue weighted by Gasteiger charge is -2.18. The maximum Gasteiger partial charge on any atom is 0.142 e. The van der Waals surface area contributed by atoms with Crippen molar-refractivity contribution >= 4 is 16.7 Å². The van der Waals surface area contributed by atoms with E-state index in [-0.39, 0.29) is 0 Å². The quantitative estimate of drug-likeness (QED) is 0.686.